The second kappa shape index (κ2) is 26.5. The number of ether oxygens (including phenoxy) is 4. The highest BCUT2D eigenvalue weighted by Gasteiger charge is 2.50. The number of allylic oxidation sites excluding steroid dienone is 1. The summed E-state index contributed by atoms with van der Waals surface area (Å²) < 4.78 is 22.4. The lowest BCUT2D eigenvalue weighted by molar-refractivity contribution is -0.359. The molecule has 0 bridgehead atoms. The maximum absolute atomic E-state index is 12.9. The second-order valence-corrected chi connectivity index (χ2v) is 14.1. The number of unbranched alkanes of at least 4 members (excludes halogenated alkanes) is 14. The van der Waals surface area contributed by atoms with E-state index in [2.05, 4.69) is 19.2 Å². The first-order valence-corrected chi connectivity index (χ1v) is 19.4. The fourth-order valence-corrected chi connectivity index (χ4v) is 6.39. The zero-order valence-electron chi connectivity index (χ0n) is 30.8. The van der Waals surface area contributed by atoms with E-state index in [1.807, 2.05) is 6.08 Å². The van der Waals surface area contributed by atoms with Gasteiger partial charge in [0.05, 0.1) is 32.0 Å². The van der Waals surface area contributed by atoms with Gasteiger partial charge in [-0.1, -0.05) is 116 Å². The van der Waals surface area contributed by atoms with Crippen molar-refractivity contribution in [2.45, 2.75) is 197 Å². The van der Waals surface area contributed by atoms with Crippen molar-refractivity contribution in [1.82, 2.24) is 5.32 Å². The molecule has 12 unspecified atom stereocenters. The van der Waals surface area contributed by atoms with Gasteiger partial charge in [-0.15, -0.1) is 0 Å². The largest absolute Gasteiger partial charge is 0.394 e. The van der Waals surface area contributed by atoms with Crippen molar-refractivity contribution in [2.75, 3.05) is 19.8 Å². The van der Waals surface area contributed by atoms with Gasteiger partial charge in [0.2, 0.25) is 5.91 Å². The Morgan fingerprint density at radius 2 is 1.22 bits per heavy atom. The Morgan fingerprint density at radius 3 is 1.78 bits per heavy atom. The first-order valence-electron chi connectivity index (χ1n) is 19.4. The maximum Gasteiger partial charge on any atom is 0.220 e. The van der Waals surface area contributed by atoms with Crippen LogP contribution in [0.5, 0.6) is 0 Å². The highest BCUT2D eigenvalue weighted by atomic mass is 16.7. The van der Waals surface area contributed by atoms with Crippen LogP contribution in [-0.4, -0.2) is 140 Å². The summed E-state index contributed by atoms with van der Waals surface area (Å²) in [6.07, 6.45) is 4.94. The molecule has 300 valence electrons. The number of aliphatic hydroxyl groups excluding tert-OH is 8. The van der Waals surface area contributed by atoms with E-state index >= 15 is 0 Å². The number of rotatable bonds is 27. The highest BCUT2D eigenvalue weighted by molar-refractivity contribution is 5.76. The Bertz CT molecular complexity index is 925. The summed E-state index contributed by atoms with van der Waals surface area (Å²) in [5.74, 6) is -0.251. The molecule has 2 fully saturated rings. The van der Waals surface area contributed by atoms with E-state index in [-0.39, 0.29) is 18.9 Å². The first-order chi connectivity index (χ1) is 24.6. The van der Waals surface area contributed by atoms with Crippen LogP contribution in [0.25, 0.3) is 0 Å². The minimum absolute atomic E-state index is 0.251. The normalized spacial score (nSPS) is 31.2. The van der Waals surface area contributed by atoms with E-state index in [4.69, 9.17) is 18.9 Å². The molecule has 14 heteroatoms. The van der Waals surface area contributed by atoms with Crippen LogP contribution < -0.4 is 5.32 Å². The van der Waals surface area contributed by atoms with Crippen LogP contribution in [0, 0.1) is 0 Å². The van der Waals surface area contributed by atoms with Crippen LogP contribution in [-0.2, 0) is 23.7 Å². The Kier molecular flexibility index (Phi) is 23.8. The van der Waals surface area contributed by atoms with Gasteiger partial charge >= 0.3 is 0 Å². The lowest BCUT2D eigenvalue weighted by Crippen LogP contribution is -2.65. The van der Waals surface area contributed by atoms with Gasteiger partial charge in [0, 0.05) is 6.42 Å². The summed E-state index contributed by atoms with van der Waals surface area (Å²) in [6, 6.07) is -0.902. The topological polar surface area (TPSA) is 228 Å². The van der Waals surface area contributed by atoms with Crippen molar-refractivity contribution >= 4 is 5.91 Å². The number of nitrogens with one attached hydrogen (secondary N) is 1. The van der Waals surface area contributed by atoms with Crippen LogP contribution >= 0.6 is 0 Å². The Morgan fingerprint density at radius 1 is 0.686 bits per heavy atom. The molecule has 0 aromatic heterocycles. The maximum atomic E-state index is 12.9. The molecule has 0 spiro atoms. The second-order valence-electron chi connectivity index (χ2n) is 14.1. The summed E-state index contributed by atoms with van der Waals surface area (Å²) in [6.45, 7) is 2.58. The van der Waals surface area contributed by atoms with Crippen molar-refractivity contribution in [3.8, 4) is 0 Å². The van der Waals surface area contributed by atoms with Gasteiger partial charge in [-0.25, -0.2) is 0 Å². The molecule has 51 heavy (non-hydrogen) atoms. The predicted octanol–water partition coefficient (Wildman–Crippen LogP) is 1.70. The SMILES string of the molecule is CCCC/C=C/C(O)C(COC1OC(CO)C(OC2OC(CO)C(O)C(O)C2O)C(O)C1O)NC(=O)CCCCCCCCCCCCCCC. The van der Waals surface area contributed by atoms with Crippen LogP contribution in [0.4, 0.5) is 0 Å². The molecule has 2 heterocycles. The molecular weight excluding hydrogens is 666 g/mol. The molecule has 1 amide bonds. The number of hydrogen-bond acceptors (Lipinski definition) is 13. The number of amides is 1. The molecule has 2 aliphatic heterocycles. The van der Waals surface area contributed by atoms with Gasteiger partial charge in [-0.05, 0) is 12.8 Å². The fraction of sp³-hybridized carbons (Fsp3) is 0.919. The lowest BCUT2D eigenvalue weighted by atomic mass is 9.97. The number of aliphatic hydroxyl groups is 8. The van der Waals surface area contributed by atoms with Gasteiger partial charge < -0.3 is 65.1 Å². The molecule has 9 N–H and O–H groups in total. The van der Waals surface area contributed by atoms with Gasteiger partial charge in [0.15, 0.2) is 12.6 Å². The standard InChI is InChI=1S/C37H69NO13/c1-3-5-7-9-10-11-12-13-14-15-16-17-19-21-29(42)38-25(26(41)20-18-8-6-4-2)24-48-36-34(47)32(45)35(28(23-40)50-36)51-37-33(46)31(44)30(43)27(22-39)49-37/h18,20,25-28,30-37,39-41,43-47H,3-17,19,21-24H2,1-2H3,(H,38,42)/b20-18+. The van der Waals surface area contributed by atoms with E-state index in [9.17, 15) is 45.6 Å². The van der Waals surface area contributed by atoms with Gasteiger partial charge in [0.1, 0.15) is 48.8 Å². The van der Waals surface area contributed by atoms with Crippen molar-refractivity contribution in [3.05, 3.63) is 12.2 Å². The van der Waals surface area contributed by atoms with Gasteiger partial charge in [-0.2, -0.15) is 0 Å². The van der Waals surface area contributed by atoms with Crippen molar-refractivity contribution < 1.29 is 64.6 Å². The highest BCUT2D eigenvalue weighted by Crippen LogP contribution is 2.29. The zero-order chi connectivity index (χ0) is 37.6. The fourth-order valence-electron chi connectivity index (χ4n) is 6.39. The van der Waals surface area contributed by atoms with E-state index in [1.165, 1.54) is 57.8 Å². The summed E-state index contributed by atoms with van der Waals surface area (Å²) in [5.41, 5.74) is 0. The average molecular weight is 736 g/mol. The van der Waals surface area contributed by atoms with Crippen LogP contribution in [0.2, 0.25) is 0 Å². The quantitative estimate of drug-likeness (QED) is 0.0433. The molecule has 12 atom stereocenters. The average Bonchev–Trinajstić information content (AvgIpc) is 3.12. The van der Waals surface area contributed by atoms with Crippen LogP contribution in [0.1, 0.15) is 123 Å². The van der Waals surface area contributed by atoms with E-state index in [0.717, 1.165) is 38.5 Å². The smallest absolute Gasteiger partial charge is 0.220 e. The third kappa shape index (κ3) is 16.3. The molecule has 0 aromatic carbocycles. The molecule has 2 aliphatic rings. The third-order valence-electron chi connectivity index (χ3n) is 9.72. The Balaban J connectivity index is 1.87. The monoisotopic (exact) mass is 735 g/mol. The van der Waals surface area contributed by atoms with Crippen LogP contribution in [0.3, 0.4) is 0 Å². The van der Waals surface area contributed by atoms with Crippen molar-refractivity contribution in [2.24, 2.45) is 0 Å². The summed E-state index contributed by atoms with van der Waals surface area (Å²) >= 11 is 0. The van der Waals surface area contributed by atoms with E-state index in [0.29, 0.717) is 6.42 Å². The van der Waals surface area contributed by atoms with Crippen molar-refractivity contribution in [3.63, 3.8) is 0 Å². The van der Waals surface area contributed by atoms with Crippen LogP contribution in [0.15, 0.2) is 12.2 Å². The Labute approximate surface area is 304 Å². The summed E-state index contributed by atoms with van der Waals surface area (Å²) in [5, 5.41) is 85.5. The molecule has 0 saturated carbocycles. The summed E-state index contributed by atoms with van der Waals surface area (Å²) in [4.78, 5) is 12.9. The predicted molar refractivity (Wildman–Crippen MR) is 189 cm³/mol. The van der Waals surface area contributed by atoms with E-state index in [1.54, 1.807) is 6.08 Å². The van der Waals surface area contributed by atoms with Gasteiger partial charge in [-0.3, -0.25) is 4.79 Å². The third-order valence-corrected chi connectivity index (χ3v) is 9.72. The lowest BCUT2D eigenvalue weighted by Gasteiger charge is -2.46. The number of carbonyl (C=O) groups excluding carboxylic acids is 1. The van der Waals surface area contributed by atoms with E-state index < -0.39 is 86.8 Å². The number of hydrogen-bond donors (Lipinski definition) is 9. The van der Waals surface area contributed by atoms with Crippen molar-refractivity contribution in [1.29, 1.82) is 0 Å². The minimum atomic E-state index is -1.78. The zero-order valence-corrected chi connectivity index (χ0v) is 30.8. The molecule has 0 aromatic rings. The molecule has 2 saturated heterocycles. The van der Waals surface area contributed by atoms with Gasteiger partial charge in [0.25, 0.3) is 0 Å². The molecule has 2 rings (SSSR count). The molecule has 0 radical (unpaired) electrons. The first kappa shape index (κ1) is 45.9. The molecule has 14 nitrogen and oxygen atoms in total. The Hall–Kier alpha value is -1.27. The minimum Gasteiger partial charge on any atom is -0.394 e. The summed E-state index contributed by atoms with van der Waals surface area (Å²) in [7, 11) is 0. The molecular formula is C37H69NO13. The number of carbonyl (C=O) groups is 1. The molecule has 0 aliphatic carbocycles.